The SMILES string of the molecule is CC.CC.CCC(CC)c1ccc(C)cc1-c1cc(C)ccn1. The first-order valence-electron chi connectivity index (χ1n) is 9.19. The minimum Gasteiger partial charge on any atom is -0.256 e. The van der Waals surface area contributed by atoms with E-state index < -0.39 is 0 Å². The van der Waals surface area contributed by atoms with E-state index in [0.29, 0.717) is 5.92 Å². The highest BCUT2D eigenvalue weighted by molar-refractivity contribution is 5.66. The molecule has 23 heavy (non-hydrogen) atoms. The van der Waals surface area contributed by atoms with Gasteiger partial charge in [0.2, 0.25) is 0 Å². The monoisotopic (exact) mass is 313 g/mol. The molecule has 1 aromatic heterocycles. The van der Waals surface area contributed by atoms with Gasteiger partial charge in [-0.3, -0.25) is 4.98 Å². The fraction of sp³-hybridized carbons (Fsp3) is 0.500. The molecule has 0 N–H and O–H groups in total. The average molecular weight is 314 g/mol. The van der Waals surface area contributed by atoms with Gasteiger partial charge < -0.3 is 0 Å². The van der Waals surface area contributed by atoms with E-state index in [1.54, 1.807) is 0 Å². The number of aryl methyl sites for hydroxylation is 2. The molecule has 128 valence electrons. The van der Waals surface area contributed by atoms with Crippen LogP contribution in [0.1, 0.15) is 77.0 Å². The van der Waals surface area contributed by atoms with Gasteiger partial charge in [0.25, 0.3) is 0 Å². The van der Waals surface area contributed by atoms with Crippen molar-refractivity contribution in [1.82, 2.24) is 4.98 Å². The summed E-state index contributed by atoms with van der Waals surface area (Å²) in [5.74, 6) is 0.623. The zero-order valence-electron chi connectivity index (χ0n) is 16.4. The molecule has 0 unspecified atom stereocenters. The van der Waals surface area contributed by atoms with Crippen LogP contribution in [0.25, 0.3) is 11.3 Å². The lowest BCUT2D eigenvalue weighted by Crippen LogP contribution is -2.00. The Morgan fingerprint density at radius 2 is 1.39 bits per heavy atom. The Hall–Kier alpha value is -1.63. The number of benzene rings is 1. The van der Waals surface area contributed by atoms with E-state index in [4.69, 9.17) is 0 Å². The Bertz CT molecular complexity index is 554. The van der Waals surface area contributed by atoms with Crippen molar-refractivity contribution in [3.8, 4) is 11.3 Å². The van der Waals surface area contributed by atoms with Crippen molar-refractivity contribution in [2.24, 2.45) is 0 Å². The molecule has 1 heterocycles. The standard InChI is InChI=1S/C18H23N.2C2H6/c1-5-15(6-2)16-8-7-13(3)11-17(16)18-12-14(4)9-10-19-18;2*1-2/h7-12,15H,5-6H2,1-4H3;2*1-2H3. The van der Waals surface area contributed by atoms with E-state index in [2.05, 4.69) is 63.0 Å². The second-order valence-corrected chi connectivity index (χ2v) is 5.32. The van der Waals surface area contributed by atoms with E-state index in [1.807, 2.05) is 33.9 Å². The molecule has 0 aliphatic carbocycles. The maximum Gasteiger partial charge on any atom is 0.0707 e. The highest BCUT2D eigenvalue weighted by atomic mass is 14.7. The molecule has 1 heteroatoms. The van der Waals surface area contributed by atoms with E-state index in [-0.39, 0.29) is 0 Å². The van der Waals surface area contributed by atoms with Gasteiger partial charge >= 0.3 is 0 Å². The largest absolute Gasteiger partial charge is 0.256 e. The predicted molar refractivity (Wildman–Crippen MR) is 105 cm³/mol. The Morgan fingerprint density at radius 3 is 1.91 bits per heavy atom. The van der Waals surface area contributed by atoms with Crippen LogP contribution in [0.5, 0.6) is 0 Å². The zero-order valence-corrected chi connectivity index (χ0v) is 16.4. The molecule has 0 saturated carbocycles. The normalized spacial score (nSPS) is 9.61. The van der Waals surface area contributed by atoms with Gasteiger partial charge in [-0.15, -0.1) is 0 Å². The lowest BCUT2D eigenvalue weighted by atomic mass is 9.87. The number of pyridine rings is 1. The van der Waals surface area contributed by atoms with E-state index in [1.165, 1.54) is 35.1 Å². The van der Waals surface area contributed by atoms with Crippen molar-refractivity contribution in [2.75, 3.05) is 0 Å². The van der Waals surface area contributed by atoms with Crippen molar-refractivity contribution in [1.29, 1.82) is 0 Å². The third kappa shape index (κ3) is 6.17. The maximum atomic E-state index is 4.56. The van der Waals surface area contributed by atoms with E-state index in [9.17, 15) is 0 Å². The lowest BCUT2D eigenvalue weighted by molar-refractivity contribution is 0.643. The molecule has 0 amide bonds. The van der Waals surface area contributed by atoms with Gasteiger partial charge in [-0.25, -0.2) is 0 Å². The van der Waals surface area contributed by atoms with Gasteiger partial charge in [0.1, 0.15) is 0 Å². The molecule has 0 atom stereocenters. The van der Waals surface area contributed by atoms with Crippen molar-refractivity contribution in [3.05, 3.63) is 53.2 Å². The summed E-state index contributed by atoms with van der Waals surface area (Å²) in [6, 6.07) is 11.0. The Morgan fingerprint density at radius 1 is 0.826 bits per heavy atom. The third-order valence-corrected chi connectivity index (χ3v) is 3.83. The molecule has 1 nitrogen and oxygen atoms in total. The minimum absolute atomic E-state index is 0.623. The van der Waals surface area contributed by atoms with Crippen LogP contribution in [-0.2, 0) is 0 Å². The fourth-order valence-electron chi connectivity index (χ4n) is 2.66. The molecule has 2 aromatic rings. The molecular formula is C22H35N. The lowest BCUT2D eigenvalue weighted by Gasteiger charge is -2.18. The van der Waals surface area contributed by atoms with Crippen LogP contribution in [0.4, 0.5) is 0 Å². The summed E-state index contributed by atoms with van der Waals surface area (Å²) >= 11 is 0. The van der Waals surface area contributed by atoms with Crippen LogP contribution in [0.3, 0.4) is 0 Å². The van der Waals surface area contributed by atoms with Gasteiger partial charge in [0, 0.05) is 11.8 Å². The first kappa shape index (κ1) is 21.4. The number of aromatic nitrogens is 1. The molecule has 1 aromatic carbocycles. The number of hydrogen-bond donors (Lipinski definition) is 0. The highest BCUT2D eigenvalue weighted by Gasteiger charge is 2.14. The summed E-state index contributed by atoms with van der Waals surface area (Å²) in [5, 5.41) is 0. The van der Waals surface area contributed by atoms with E-state index in [0.717, 1.165) is 5.69 Å². The smallest absolute Gasteiger partial charge is 0.0707 e. The Labute approximate surface area is 144 Å². The second kappa shape index (κ2) is 11.9. The van der Waals surface area contributed by atoms with Crippen LogP contribution in [0.15, 0.2) is 36.5 Å². The summed E-state index contributed by atoms with van der Waals surface area (Å²) in [4.78, 5) is 4.56. The highest BCUT2D eigenvalue weighted by Crippen LogP contribution is 2.33. The summed E-state index contributed by atoms with van der Waals surface area (Å²) in [6.07, 6.45) is 4.26. The molecule has 0 radical (unpaired) electrons. The van der Waals surface area contributed by atoms with Crippen molar-refractivity contribution in [3.63, 3.8) is 0 Å². The van der Waals surface area contributed by atoms with Gasteiger partial charge in [-0.2, -0.15) is 0 Å². The second-order valence-electron chi connectivity index (χ2n) is 5.32. The van der Waals surface area contributed by atoms with Crippen LogP contribution in [0.2, 0.25) is 0 Å². The molecule has 0 saturated heterocycles. The average Bonchev–Trinajstić information content (AvgIpc) is 2.60. The zero-order chi connectivity index (χ0) is 17.8. The Kier molecular flexibility index (Phi) is 11.0. The first-order valence-corrected chi connectivity index (χ1v) is 9.19. The quantitative estimate of drug-likeness (QED) is 0.576. The topological polar surface area (TPSA) is 12.9 Å². The molecule has 0 aliphatic rings. The number of nitrogens with zero attached hydrogens (tertiary/aromatic N) is 1. The molecule has 0 aliphatic heterocycles. The van der Waals surface area contributed by atoms with Crippen LogP contribution < -0.4 is 0 Å². The summed E-state index contributed by atoms with van der Waals surface area (Å²) in [5.41, 5.74) is 6.41. The molecule has 0 spiro atoms. The van der Waals surface area contributed by atoms with Gasteiger partial charge in [0.05, 0.1) is 5.69 Å². The van der Waals surface area contributed by atoms with Crippen molar-refractivity contribution < 1.29 is 0 Å². The van der Waals surface area contributed by atoms with Crippen molar-refractivity contribution in [2.45, 2.75) is 74.1 Å². The van der Waals surface area contributed by atoms with E-state index >= 15 is 0 Å². The Balaban J connectivity index is 0.00000112. The van der Waals surface area contributed by atoms with Crippen molar-refractivity contribution >= 4 is 0 Å². The molecular weight excluding hydrogens is 278 g/mol. The van der Waals surface area contributed by atoms with Crippen LogP contribution in [-0.4, -0.2) is 4.98 Å². The summed E-state index contributed by atoms with van der Waals surface area (Å²) in [7, 11) is 0. The fourth-order valence-corrected chi connectivity index (χ4v) is 2.66. The molecule has 2 rings (SSSR count). The summed E-state index contributed by atoms with van der Waals surface area (Å²) in [6.45, 7) is 16.8. The number of rotatable bonds is 4. The third-order valence-electron chi connectivity index (χ3n) is 3.83. The minimum atomic E-state index is 0.623. The van der Waals surface area contributed by atoms with Crippen LogP contribution >= 0.6 is 0 Å². The summed E-state index contributed by atoms with van der Waals surface area (Å²) < 4.78 is 0. The molecule has 0 fully saturated rings. The predicted octanol–water partition coefficient (Wildman–Crippen LogP) is 7.32. The van der Waals surface area contributed by atoms with Gasteiger partial charge in [-0.05, 0) is 61.9 Å². The number of hydrogen-bond acceptors (Lipinski definition) is 1. The van der Waals surface area contributed by atoms with Gasteiger partial charge in [-0.1, -0.05) is 59.2 Å². The van der Waals surface area contributed by atoms with Gasteiger partial charge in [0.15, 0.2) is 0 Å². The first-order chi connectivity index (χ1) is 11.2. The van der Waals surface area contributed by atoms with Crippen LogP contribution in [0, 0.1) is 13.8 Å². The molecule has 0 bridgehead atoms. The maximum absolute atomic E-state index is 4.56.